The Balaban J connectivity index is 1.67. The number of furan rings is 1. The molecule has 6 heteroatoms. The molecule has 0 radical (unpaired) electrons. The predicted octanol–water partition coefficient (Wildman–Crippen LogP) is 1.83. The molecule has 0 bridgehead atoms. The molecule has 0 saturated carbocycles. The Morgan fingerprint density at radius 2 is 2.19 bits per heavy atom. The van der Waals surface area contributed by atoms with E-state index in [1.54, 1.807) is 42.7 Å². The molecule has 0 fully saturated rings. The molecule has 0 aromatic carbocycles. The number of nitrogens with zero attached hydrogens (tertiary/aromatic N) is 1. The van der Waals surface area contributed by atoms with Crippen molar-refractivity contribution in [2.75, 3.05) is 11.9 Å². The molecule has 2 rings (SSSR count). The number of nitrogens with one attached hydrogen (secondary N) is 2. The van der Waals surface area contributed by atoms with E-state index in [1.807, 2.05) is 0 Å². The second-order valence-corrected chi connectivity index (χ2v) is 4.18. The first-order valence-electron chi connectivity index (χ1n) is 6.43. The lowest BCUT2D eigenvalue weighted by Crippen LogP contribution is -2.26. The van der Waals surface area contributed by atoms with E-state index in [0.717, 1.165) is 0 Å². The van der Waals surface area contributed by atoms with Crippen LogP contribution in [0.3, 0.4) is 0 Å². The molecule has 2 N–H and O–H groups in total. The van der Waals surface area contributed by atoms with E-state index in [1.165, 1.54) is 12.3 Å². The number of aromatic nitrogens is 1. The summed E-state index contributed by atoms with van der Waals surface area (Å²) in [5.41, 5.74) is 0.631. The van der Waals surface area contributed by atoms with Crippen molar-refractivity contribution >= 4 is 23.6 Å². The predicted molar refractivity (Wildman–Crippen MR) is 78.2 cm³/mol. The van der Waals surface area contributed by atoms with Gasteiger partial charge in [-0.2, -0.15) is 0 Å². The number of anilines is 1. The Kier molecular flexibility index (Phi) is 5.28. The molecule has 0 aliphatic rings. The van der Waals surface area contributed by atoms with E-state index in [2.05, 4.69) is 15.6 Å². The fraction of sp³-hybridized carbons (Fsp3) is 0.133. The van der Waals surface area contributed by atoms with Crippen molar-refractivity contribution < 1.29 is 14.0 Å². The summed E-state index contributed by atoms with van der Waals surface area (Å²) < 4.78 is 5.06. The molecule has 21 heavy (non-hydrogen) atoms. The highest BCUT2D eigenvalue weighted by Gasteiger charge is 2.03. The highest BCUT2D eigenvalue weighted by Crippen LogP contribution is 2.03. The molecular weight excluding hydrogens is 270 g/mol. The molecule has 108 valence electrons. The lowest BCUT2D eigenvalue weighted by molar-refractivity contribution is -0.117. The second-order valence-electron chi connectivity index (χ2n) is 4.18. The van der Waals surface area contributed by atoms with Crippen LogP contribution in [0.1, 0.15) is 12.2 Å². The van der Waals surface area contributed by atoms with Gasteiger partial charge in [0, 0.05) is 25.2 Å². The first-order chi connectivity index (χ1) is 10.2. The van der Waals surface area contributed by atoms with Gasteiger partial charge in [0.05, 0.1) is 18.1 Å². The minimum atomic E-state index is -0.277. The standard InChI is InChI=1S/C15H15N3O3/c19-14(6-5-13-4-2-10-21-13)17-9-7-15(20)18-12-3-1-8-16-11-12/h1-6,8,10-11H,7,9H2,(H,17,19)(H,18,20)/b6-5+. The van der Waals surface area contributed by atoms with Gasteiger partial charge in [0.1, 0.15) is 5.76 Å². The van der Waals surface area contributed by atoms with Crippen molar-refractivity contribution in [3.8, 4) is 0 Å². The molecule has 0 spiro atoms. The van der Waals surface area contributed by atoms with Crippen molar-refractivity contribution in [2.24, 2.45) is 0 Å². The largest absolute Gasteiger partial charge is 0.465 e. The van der Waals surface area contributed by atoms with Crippen LogP contribution >= 0.6 is 0 Å². The molecule has 6 nitrogen and oxygen atoms in total. The molecule has 0 aliphatic heterocycles. The van der Waals surface area contributed by atoms with Crippen molar-refractivity contribution in [3.05, 3.63) is 54.8 Å². The highest BCUT2D eigenvalue weighted by atomic mass is 16.3. The first kappa shape index (κ1) is 14.5. The minimum absolute atomic E-state index is 0.182. The molecular formula is C15H15N3O3. The fourth-order valence-corrected chi connectivity index (χ4v) is 1.56. The molecule has 2 aromatic rings. The zero-order valence-electron chi connectivity index (χ0n) is 11.3. The maximum absolute atomic E-state index is 11.6. The Bertz CT molecular complexity index is 606. The van der Waals surface area contributed by atoms with Gasteiger partial charge in [-0.25, -0.2) is 0 Å². The highest BCUT2D eigenvalue weighted by molar-refractivity contribution is 5.93. The Morgan fingerprint density at radius 1 is 1.29 bits per heavy atom. The van der Waals surface area contributed by atoms with E-state index in [-0.39, 0.29) is 24.8 Å². The van der Waals surface area contributed by atoms with Crippen molar-refractivity contribution in [1.82, 2.24) is 10.3 Å². The van der Waals surface area contributed by atoms with Crippen LogP contribution in [0.5, 0.6) is 0 Å². The zero-order chi connectivity index (χ0) is 14.9. The number of pyridine rings is 1. The summed E-state index contributed by atoms with van der Waals surface area (Å²) in [6, 6.07) is 6.96. The summed E-state index contributed by atoms with van der Waals surface area (Å²) in [7, 11) is 0. The third-order valence-electron chi connectivity index (χ3n) is 2.54. The van der Waals surface area contributed by atoms with Gasteiger partial charge in [-0.05, 0) is 30.3 Å². The average Bonchev–Trinajstić information content (AvgIpc) is 2.99. The van der Waals surface area contributed by atoms with Gasteiger partial charge in [0.25, 0.3) is 0 Å². The van der Waals surface area contributed by atoms with E-state index >= 15 is 0 Å². The van der Waals surface area contributed by atoms with Crippen LogP contribution in [0.2, 0.25) is 0 Å². The number of rotatable bonds is 6. The van der Waals surface area contributed by atoms with Crippen LogP contribution in [0, 0.1) is 0 Å². The number of hydrogen-bond acceptors (Lipinski definition) is 4. The number of carbonyl (C=O) groups excluding carboxylic acids is 2. The summed E-state index contributed by atoms with van der Waals surface area (Å²) in [4.78, 5) is 27.0. The van der Waals surface area contributed by atoms with Gasteiger partial charge in [-0.15, -0.1) is 0 Å². The third-order valence-corrected chi connectivity index (χ3v) is 2.54. The van der Waals surface area contributed by atoms with Crippen LogP contribution in [0.25, 0.3) is 6.08 Å². The van der Waals surface area contributed by atoms with Crippen LogP contribution in [0.15, 0.2) is 53.4 Å². The summed E-state index contributed by atoms with van der Waals surface area (Å²) >= 11 is 0. The normalized spacial score (nSPS) is 10.5. The Morgan fingerprint density at radius 3 is 2.90 bits per heavy atom. The summed E-state index contributed by atoms with van der Waals surface area (Å²) in [5.74, 6) is 0.137. The van der Waals surface area contributed by atoms with Gasteiger partial charge >= 0.3 is 0 Å². The topological polar surface area (TPSA) is 84.2 Å². The molecule has 2 heterocycles. The van der Waals surface area contributed by atoms with Gasteiger partial charge in [-0.3, -0.25) is 14.6 Å². The molecule has 2 amide bonds. The Hall–Kier alpha value is -2.89. The van der Waals surface area contributed by atoms with Crippen molar-refractivity contribution in [2.45, 2.75) is 6.42 Å². The molecule has 0 saturated heterocycles. The summed E-state index contributed by atoms with van der Waals surface area (Å²) in [6.45, 7) is 0.257. The maximum Gasteiger partial charge on any atom is 0.244 e. The lowest BCUT2D eigenvalue weighted by Gasteiger charge is -2.04. The zero-order valence-corrected chi connectivity index (χ0v) is 11.3. The van der Waals surface area contributed by atoms with E-state index in [9.17, 15) is 9.59 Å². The van der Waals surface area contributed by atoms with Crippen molar-refractivity contribution in [3.63, 3.8) is 0 Å². The summed E-state index contributed by atoms with van der Waals surface area (Å²) in [5, 5.41) is 5.30. The number of carbonyl (C=O) groups is 2. The van der Waals surface area contributed by atoms with E-state index < -0.39 is 0 Å². The second kappa shape index (κ2) is 7.64. The molecule has 0 unspecified atom stereocenters. The van der Waals surface area contributed by atoms with Crippen LogP contribution in [-0.4, -0.2) is 23.3 Å². The first-order valence-corrected chi connectivity index (χ1v) is 6.43. The maximum atomic E-state index is 11.6. The smallest absolute Gasteiger partial charge is 0.244 e. The van der Waals surface area contributed by atoms with Gasteiger partial charge < -0.3 is 15.1 Å². The third kappa shape index (κ3) is 5.32. The summed E-state index contributed by atoms with van der Waals surface area (Å²) in [6.07, 6.45) is 7.82. The van der Waals surface area contributed by atoms with Gasteiger partial charge in [0.15, 0.2) is 0 Å². The average molecular weight is 285 g/mol. The SMILES string of the molecule is O=C(/C=C/c1ccco1)NCCC(=O)Nc1cccnc1. The van der Waals surface area contributed by atoms with E-state index in [0.29, 0.717) is 11.4 Å². The Labute approximate surface area is 121 Å². The molecule has 0 atom stereocenters. The lowest BCUT2D eigenvalue weighted by atomic mass is 10.3. The monoisotopic (exact) mass is 285 g/mol. The fourth-order valence-electron chi connectivity index (χ4n) is 1.56. The molecule has 0 aliphatic carbocycles. The van der Waals surface area contributed by atoms with Crippen LogP contribution < -0.4 is 10.6 Å². The van der Waals surface area contributed by atoms with E-state index in [4.69, 9.17) is 4.42 Å². The van der Waals surface area contributed by atoms with Crippen LogP contribution in [-0.2, 0) is 9.59 Å². The van der Waals surface area contributed by atoms with Crippen LogP contribution in [0.4, 0.5) is 5.69 Å². The number of amides is 2. The molecule has 2 aromatic heterocycles. The van der Waals surface area contributed by atoms with Crippen molar-refractivity contribution in [1.29, 1.82) is 0 Å². The van der Waals surface area contributed by atoms with Gasteiger partial charge in [0.2, 0.25) is 11.8 Å². The minimum Gasteiger partial charge on any atom is -0.465 e. The number of hydrogen-bond donors (Lipinski definition) is 2. The quantitative estimate of drug-likeness (QED) is 0.793. The van der Waals surface area contributed by atoms with Gasteiger partial charge in [-0.1, -0.05) is 0 Å².